The summed E-state index contributed by atoms with van der Waals surface area (Å²) in [6.07, 6.45) is 8.42. The fourth-order valence-corrected chi connectivity index (χ4v) is 5.39. The molecule has 0 unspecified atom stereocenters. The third-order valence-corrected chi connectivity index (χ3v) is 7.00. The molecule has 2 aromatic carbocycles. The van der Waals surface area contributed by atoms with Gasteiger partial charge in [0, 0.05) is 5.56 Å². The molecule has 4 atom stereocenters. The summed E-state index contributed by atoms with van der Waals surface area (Å²) < 4.78 is 25.1. The summed E-state index contributed by atoms with van der Waals surface area (Å²) in [5.74, 6) is -1.38. The molecule has 1 heterocycles. The standard InChI is InChI=1S/C28H26FN3O5/c1-3-6-19-11-16(14-30-32-27(34)24-17-9-10-18(13-17)25(24)28(32)35)12-22(36-2)26(19)37-15-23(33)31-21-8-5-4-7-20(21)29/h3-5,7-12,14,17-18,24-25H,1,6,13,15H2,2H3,(H,31,33)/t17-,18-,24-,25+/m0/s1. The van der Waals surface area contributed by atoms with Gasteiger partial charge in [-0.3, -0.25) is 14.4 Å². The maximum atomic E-state index is 13.8. The minimum absolute atomic E-state index is 0.0554. The largest absolute Gasteiger partial charge is 0.493 e. The van der Waals surface area contributed by atoms with Crippen LogP contribution in [-0.2, 0) is 20.8 Å². The van der Waals surface area contributed by atoms with Crippen LogP contribution in [0, 0.1) is 29.5 Å². The van der Waals surface area contributed by atoms with Crippen molar-refractivity contribution in [2.75, 3.05) is 19.0 Å². The molecule has 0 aromatic heterocycles. The minimum Gasteiger partial charge on any atom is -0.493 e. The van der Waals surface area contributed by atoms with Crippen molar-refractivity contribution >= 4 is 29.6 Å². The number of ether oxygens (including phenoxy) is 2. The van der Waals surface area contributed by atoms with E-state index >= 15 is 0 Å². The van der Waals surface area contributed by atoms with Crippen LogP contribution in [0.5, 0.6) is 11.5 Å². The molecule has 2 aromatic rings. The first kappa shape index (κ1) is 24.4. The quantitative estimate of drug-likeness (QED) is 0.320. The number of hydrogen-bond donors (Lipinski definition) is 1. The number of carbonyl (C=O) groups excluding carboxylic acids is 3. The van der Waals surface area contributed by atoms with Crippen molar-refractivity contribution < 1.29 is 28.2 Å². The van der Waals surface area contributed by atoms with Gasteiger partial charge in [-0.25, -0.2) is 4.39 Å². The highest BCUT2D eigenvalue weighted by Gasteiger charge is 2.59. The summed E-state index contributed by atoms with van der Waals surface area (Å²) in [6.45, 7) is 3.39. The molecule has 1 saturated heterocycles. The molecule has 37 heavy (non-hydrogen) atoms. The van der Waals surface area contributed by atoms with E-state index in [-0.39, 0.29) is 47.8 Å². The van der Waals surface area contributed by atoms with Crippen LogP contribution >= 0.6 is 0 Å². The molecule has 2 aliphatic carbocycles. The molecule has 3 aliphatic rings. The number of imide groups is 1. The van der Waals surface area contributed by atoms with E-state index in [0.29, 0.717) is 29.0 Å². The Bertz CT molecular complexity index is 1310. The van der Waals surface area contributed by atoms with Crippen LogP contribution in [0.3, 0.4) is 0 Å². The molecule has 3 amide bonds. The van der Waals surface area contributed by atoms with Gasteiger partial charge in [0.15, 0.2) is 18.1 Å². The van der Waals surface area contributed by atoms with Gasteiger partial charge in [-0.1, -0.05) is 30.4 Å². The Hall–Kier alpha value is -4.27. The van der Waals surface area contributed by atoms with E-state index in [1.54, 1.807) is 24.3 Å². The highest BCUT2D eigenvalue weighted by molar-refractivity contribution is 6.06. The number of methoxy groups -OCH3 is 1. The second-order valence-corrected chi connectivity index (χ2v) is 9.25. The normalized spacial score (nSPS) is 23.6. The second-order valence-electron chi connectivity index (χ2n) is 9.25. The smallest absolute Gasteiger partial charge is 0.262 e. The summed E-state index contributed by atoms with van der Waals surface area (Å²) >= 11 is 0. The molecule has 2 bridgehead atoms. The second kappa shape index (κ2) is 10.0. The predicted octanol–water partition coefficient (Wildman–Crippen LogP) is 3.72. The van der Waals surface area contributed by atoms with Gasteiger partial charge < -0.3 is 14.8 Å². The number of hydrogen-bond acceptors (Lipinski definition) is 6. The Morgan fingerprint density at radius 1 is 1.19 bits per heavy atom. The number of fused-ring (bicyclic) bond motifs is 5. The van der Waals surface area contributed by atoms with Crippen LogP contribution in [0.25, 0.3) is 0 Å². The van der Waals surface area contributed by atoms with E-state index in [4.69, 9.17) is 9.47 Å². The summed E-state index contributed by atoms with van der Waals surface area (Å²) in [4.78, 5) is 38.1. The maximum absolute atomic E-state index is 13.8. The lowest BCUT2D eigenvalue weighted by Gasteiger charge is -2.16. The summed E-state index contributed by atoms with van der Waals surface area (Å²) in [6, 6.07) is 9.24. The molecule has 0 radical (unpaired) electrons. The number of nitrogens with zero attached hydrogens (tertiary/aromatic N) is 2. The molecule has 2 fully saturated rings. The molecule has 190 valence electrons. The number of para-hydroxylation sites is 1. The monoisotopic (exact) mass is 503 g/mol. The molecule has 1 saturated carbocycles. The topological polar surface area (TPSA) is 97.3 Å². The third-order valence-electron chi connectivity index (χ3n) is 7.00. The first-order chi connectivity index (χ1) is 17.9. The molecule has 9 heteroatoms. The highest BCUT2D eigenvalue weighted by Crippen LogP contribution is 2.52. The first-order valence-corrected chi connectivity index (χ1v) is 12.0. The van der Waals surface area contributed by atoms with E-state index in [1.165, 1.54) is 31.5 Å². The van der Waals surface area contributed by atoms with Gasteiger partial charge in [0.2, 0.25) is 0 Å². The fraction of sp³-hybridized carbons (Fsp3) is 0.286. The average Bonchev–Trinajstić information content (AvgIpc) is 3.57. The number of nitrogens with one attached hydrogen (secondary N) is 1. The van der Waals surface area contributed by atoms with Crippen molar-refractivity contribution in [2.24, 2.45) is 28.8 Å². The van der Waals surface area contributed by atoms with Gasteiger partial charge in [-0.15, -0.1) is 6.58 Å². The van der Waals surface area contributed by atoms with Crippen molar-refractivity contribution in [2.45, 2.75) is 12.8 Å². The molecule has 8 nitrogen and oxygen atoms in total. The van der Waals surface area contributed by atoms with Crippen molar-refractivity contribution in [1.29, 1.82) is 0 Å². The zero-order valence-electron chi connectivity index (χ0n) is 20.2. The number of benzene rings is 2. The highest BCUT2D eigenvalue weighted by atomic mass is 19.1. The summed E-state index contributed by atoms with van der Waals surface area (Å²) in [5.41, 5.74) is 1.29. The summed E-state index contributed by atoms with van der Waals surface area (Å²) in [7, 11) is 1.46. The van der Waals surface area contributed by atoms with E-state index in [1.807, 2.05) is 12.2 Å². The van der Waals surface area contributed by atoms with Crippen molar-refractivity contribution in [3.8, 4) is 11.5 Å². The predicted molar refractivity (Wildman–Crippen MR) is 135 cm³/mol. The van der Waals surface area contributed by atoms with Crippen molar-refractivity contribution in [3.05, 3.63) is 78.1 Å². The fourth-order valence-electron chi connectivity index (χ4n) is 5.39. The van der Waals surface area contributed by atoms with Crippen LogP contribution in [0.2, 0.25) is 0 Å². The number of halogens is 1. The number of allylic oxidation sites excluding steroid dienone is 3. The van der Waals surface area contributed by atoms with Gasteiger partial charge in [-0.05, 0) is 54.5 Å². The number of amides is 3. The van der Waals surface area contributed by atoms with Gasteiger partial charge in [0.05, 0.1) is 30.8 Å². The SMILES string of the molecule is C=CCc1cc(C=NN2C(=O)[C@@H]3[C@H](C2=O)[C@H]2C=C[C@H]3C2)cc(OC)c1OCC(=O)Nc1ccccc1F. The Balaban J connectivity index is 1.32. The number of anilines is 1. The Morgan fingerprint density at radius 2 is 1.89 bits per heavy atom. The number of hydrazone groups is 1. The van der Waals surface area contributed by atoms with Crippen molar-refractivity contribution in [1.82, 2.24) is 5.01 Å². The molecular formula is C28H26FN3O5. The number of carbonyl (C=O) groups is 3. The van der Waals surface area contributed by atoms with Gasteiger partial charge >= 0.3 is 0 Å². The van der Waals surface area contributed by atoms with Gasteiger partial charge in [0.25, 0.3) is 17.7 Å². The molecule has 1 aliphatic heterocycles. The lowest BCUT2D eigenvalue weighted by Crippen LogP contribution is -2.28. The maximum Gasteiger partial charge on any atom is 0.262 e. The van der Waals surface area contributed by atoms with Crippen LogP contribution in [-0.4, -0.2) is 42.7 Å². The molecule has 1 N–H and O–H groups in total. The van der Waals surface area contributed by atoms with Gasteiger partial charge in [-0.2, -0.15) is 10.1 Å². The molecule has 5 rings (SSSR count). The van der Waals surface area contributed by atoms with Crippen LogP contribution in [0.4, 0.5) is 10.1 Å². The Morgan fingerprint density at radius 3 is 2.54 bits per heavy atom. The van der Waals surface area contributed by atoms with Crippen LogP contribution in [0.15, 0.2) is 66.3 Å². The first-order valence-electron chi connectivity index (χ1n) is 12.0. The zero-order chi connectivity index (χ0) is 26.1. The van der Waals surface area contributed by atoms with Crippen molar-refractivity contribution in [3.63, 3.8) is 0 Å². The molecular weight excluding hydrogens is 477 g/mol. The zero-order valence-corrected chi connectivity index (χ0v) is 20.2. The van der Waals surface area contributed by atoms with Crippen LogP contribution < -0.4 is 14.8 Å². The summed E-state index contributed by atoms with van der Waals surface area (Å²) in [5, 5.41) is 7.69. The third kappa shape index (κ3) is 4.52. The van der Waals surface area contributed by atoms with Gasteiger partial charge in [0.1, 0.15) is 5.82 Å². The number of rotatable bonds is 9. The van der Waals surface area contributed by atoms with E-state index < -0.39 is 11.7 Å². The lowest BCUT2D eigenvalue weighted by atomic mass is 9.85. The van der Waals surface area contributed by atoms with E-state index in [0.717, 1.165) is 11.4 Å². The average molecular weight is 504 g/mol. The minimum atomic E-state index is -0.549. The Kier molecular flexibility index (Phi) is 6.60. The van der Waals surface area contributed by atoms with E-state index in [9.17, 15) is 18.8 Å². The van der Waals surface area contributed by atoms with E-state index in [2.05, 4.69) is 17.0 Å². The van der Waals surface area contributed by atoms with Crippen LogP contribution in [0.1, 0.15) is 17.5 Å². The lowest BCUT2D eigenvalue weighted by molar-refractivity contribution is -0.140. The molecule has 0 spiro atoms. The Labute approximate surface area is 213 Å².